The molecule has 0 fully saturated rings. The number of hydrogen-bond acceptors (Lipinski definition) is 3. The van der Waals surface area contributed by atoms with Crippen molar-refractivity contribution in [3.8, 4) is 0 Å². The Labute approximate surface area is 159 Å². The number of carbonyl (C=O) groups is 2. The maximum Gasteiger partial charge on any atom is 0.251 e. The van der Waals surface area contributed by atoms with Gasteiger partial charge in [0, 0.05) is 29.2 Å². The number of benzene rings is 2. The first-order chi connectivity index (χ1) is 12.5. The van der Waals surface area contributed by atoms with Crippen LogP contribution in [0.5, 0.6) is 0 Å². The van der Waals surface area contributed by atoms with Crippen LogP contribution in [-0.2, 0) is 6.54 Å². The fraction of sp³-hybridized carbons (Fsp3) is 0.300. The molecule has 0 aromatic heterocycles. The van der Waals surface area contributed by atoms with Gasteiger partial charge in [-0.1, -0.05) is 23.7 Å². The van der Waals surface area contributed by atoms with E-state index < -0.39 is 0 Å². The maximum atomic E-state index is 12.2. The minimum Gasteiger partial charge on any atom is -0.352 e. The van der Waals surface area contributed by atoms with Crippen molar-refractivity contribution in [1.82, 2.24) is 15.5 Å². The molecule has 0 bridgehead atoms. The Hall–Kier alpha value is -2.37. The zero-order valence-electron chi connectivity index (χ0n) is 15.1. The van der Waals surface area contributed by atoms with Crippen LogP contribution in [0.25, 0.3) is 0 Å². The summed E-state index contributed by atoms with van der Waals surface area (Å²) in [6, 6.07) is 14.0. The summed E-state index contributed by atoms with van der Waals surface area (Å²) in [5.74, 6) is -0.310. The van der Waals surface area contributed by atoms with Crippen molar-refractivity contribution >= 4 is 23.4 Å². The van der Waals surface area contributed by atoms with E-state index in [9.17, 15) is 9.59 Å². The van der Waals surface area contributed by atoms with E-state index in [1.165, 1.54) is 0 Å². The SMILES string of the molecule is CN(C)CCCNC(=O)c1ccc(C(=O)NCc2ccc(Cl)cc2)cc1. The van der Waals surface area contributed by atoms with Gasteiger partial charge in [0.2, 0.25) is 0 Å². The lowest BCUT2D eigenvalue weighted by atomic mass is 10.1. The third-order valence-electron chi connectivity index (χ3n) is 3.84. The van der Waals surface area contributed by atoms with Crippen LogP contribution < -0.4 is 10.6 Å². The zero-order valence-corrected chi connectivity index (χ0v) is 15.8. The largest absolute Gasteiger partial charge is 0.352 e. The van der Waals surface area contributed by atoms with Crippen molar-refractivity contribution < 1.29 is 9.59 Å². The van der Waals surface area contributed by atoms with Gasteiger partial charge in [0.05, 0.1) is 0 Å². The molecule has 6 heteroatoms. The lowest BCUT2D eigenvalue weighted by molar-refractivity contribution is 0.0939. The molecule has 0 spiro atoms. The molecule has 0 saturated carbocycles. The fourth-order valence-electron chi connectivity index (χ4n) is 2.36. The highest BCUT2D eigenvalue weighted by atomic mass is 35.5. The lowest BCUT2D eigenvalue weighted by Gasteiger charge is -2.10. The van der Waals surface area contributed by atoms with E-state index in [4.69, 9.17) is 11.6 Å². The molecule has 2 N–H and O–H groups in total. The van der Waals surface area contributed by atoms with Gasteiger partial charge in [0.15, 0.2) is 0 Å². The Morgan fingerprint density at radius 3 is 1.96 bits per heavy atom. The monoisotopic (exact) mass is 373 g/mol. The minimum absolute atomic E-state index is 0.128. The lowest BCUT2D eigenvalue weighted by Crippen LogP contribution is -2.27. The maximum absolute atomic E-state index is 12.2. The van der Waals surface area contributed by atoms with Gasteiger partial charge in [-0.05, 0) is 69.0 Å². The molecule has 0 saturated heterocycles. The van der Waals surface area contributed by atoms with Crippen LogP contribution in [0.3, 0.4) is 0 Å². The highest BCUT2D eigenvalue weighted by Gasteiger charge is 2.08. The molecule has 2 aromatic carbocycles. The number of rotatable bonds is 8. The van der Waals surface area contributed by atoms with Crippen molar-refractivity contribution in [1.29, 1.82) is 0 Å². The second-order valence-electron chi connectivity index (χ2n) is 6.30. The molecule has 26 heavy (non-hydrogen) atoms. The minimum atomic E-state index is -0.183. The summed E-state index contributed by atoms with van der Waals surface area (Å²) in [4.78, 5) is 26.3. The quantitative estimate of drug-likeness (QED) is 0.699. The molecule has 2 amide bonds. The van der Waals surface area contributed by atoms with E-state index >= 15 is 0 Å². The van der Waals surface area contributed by atoms with E-state index in [1.807, 2.05) is 26.2 Å². The summed E-state index contributed by atoms with van der Waals surface area (Å²) in [7, 11) is 4.00. The van der Waals surface area contributed by atoms with Crippen LogP contribution in [0, 0.1) is 0 Å². The molecule has 0 aliphatic carbocycles. The van der Waals surface area contributed by atoms with Crippen molar-refractivity contribution in [2.24, 2.45) is 0 Å². The van der Waals surface area contributed by atoms with Crippen molar-refractivity contribution in [3.63, 3.8) is 0 Å². The number of hydrogen-bond donors (Lipinski definition) is 2. The summed E-state index contributed by atoms with van der Waals surface area (Å²) >= 11 is 5.84. The molecule has 0 unspecified atom stereocenters. The van der Waals surface area contributed by atoms with Gasteiger partial charge in [0.1, 0.15) is 0 Å². The topological polar surface area (TPSA) is 61.4 Å². The predicted octanol–water partition coefficient (Wildman–Crippen LogP) is 2.95. The zero-order chi connectivity index (χ0) is 18.9. The second-order valence-corrected chi connectivity index (χ2v) is 6.74. The number of halogens is 1. The Morgan fingerprint density at radius 2 is 1.42 bits per heavy atom. The second kappa shape index (κ2) is 9.94. The Kier molecular flexibility index (Phi) is 7.63. The van der Waals surface area contributed by atoms with Crippen LogP contribution in [0.2, 0.25) is 5.02 Å². The van der Waals surface area contributed by atoms with Gasteiger partial charge in [-0.2, -0.15) is 0 Å². The van der Waals surface area contributed by atoms with Gasteiger partial charge < -0.3 is 15.5 Å². The van der Waals surface area contributed by atoms with Crippen LogP contribution in [0.4, 0.5) is 0 Å². The average Bonchev–Trinajstić information content (AvgIpc) is 2.64. The molecule has 0 radical (unpaired) electrons. The standard InChI is InChI=1S/C20H24ClN3O2/c1-24(2)13-3-12-22-19(25)16-6-8-17(9-7-16)20(26)23-14-15-4-10-18(21)11-5-15/h4-11H,3,12-14H2,1-2H3,(H,22,25)(H,23,26). The van der Waals surface area contributed by atoms with Crippen LogP contribution in [-0.4, -0.2) is 43.9 Å². The molecule has 5 nitrogen and oxygen atoms in total. The van der Waals surface area contributed by atoms with E-state index in [2.05, 4.69) is 15.5 Å². The Balaban J connectivity index is 1.82. The van der Waals surface area contributed by atoms with Gasteiger partial charge in [-0.15, -0.1) is 0 Å². The van der Waals surface area contributed by atoms with Crippen molar-refractivity contribution in [2.75, 3.05) is 27.2 Å². The van der Waals surface area contributed by atoms with Gasteiger partial charge in [-0.25, -0.2) is 0 Å². The molecular formula is C20H24ClN3O2. The summed E-state index contributed by atoms with van der Waals surface area (Å²) in [5, 5.41) is 6.39. The molecule has 0 aliphatic heterocycles. The molecule has 0 aliphatic rings. The molecular weight excluding hydrogens is 350 g/mol. The first-order valence-corrected chi connectivity index (χ1v) is 8.89. The first kappa shape index (κ1) is 19.9. The molecule has 0 heterocycles. The predicted molar refractivity (Wildman–Crippen MR) is 105 cm³/mol. The van der Waals surface area contributed by atoms with E-state index in [0.29, 0.717) is 29.2 Å². The summed E-state index contributed by atoms with van der Waals surface area (Å²) in [6.45, 7) is 1.97. The van der Waals surface area contributed by atoms with E-state index in [-0.39, 0.29) is 11.8 Å². The normalized spacial score (nSPS) is 10.6. The molecule has 0 atom stereocenters. The smallest absolute Gasteiger partial charge is 0.251 e. The molecule has 2 aromatic rings. The summed E-state index contributed by atoms with van der Waals surface area (Å²) in [6.07, 6.45) is 0.893. The fourth-order valence-corrected chi connectivity index (χ4v) is 2.48. The number of nitrogens with one attached hydrogen (secondary N) is 2. The molecule has 138 valence electrons. The highest BCUT2D eigenvalue weighted by molar-refractivity contribution is 6.30. The van der Waals surface area contributed by atoms with E-state index in [1.54, 1.807) is 36.4 Å². The van der Waals surface area contributed by atoms with Gasteiger partial charge in [-0.3, -0.25) is 9.59 Å². The molecule has 2 rings (SSSR count). The van der Waals surface area contributed by atoms with Crippen LogP contribution >= 0.6 is 11.6 Å². The number of carbonyl (C=O) groups excluding carboxylic acids is 2. The van der Waals surface area contributed by atoms with Gasteiger partial charge >= 0.3 is 0 Å². The summed E-state index contributed by atoms with van der Waals surface area (Å²) < 4.78 is 0. The van der Waals surface area contributed by atoms with Gasteiger partial charge in [0.25, 0.3) is 11.8 Å². The third kappa shape index (κ3) is 6.50. The van der Waals surface area contributed by atoms with E-state index in [0.717, 1.165) is 18.5 Å². The third-order valence-corrected chi connectivity index (χ3v) is 4.10. The number of amides is 2. The van der Waals surface area contributed by atoms with Crippen molar-refractivity contribution in [3.05, 3.63) is 70.2 Å². The first-order valence-electron chi connectivity index (χ1n) is 8.51. The Bertz CT molecular complexity index is 728. The average molecular weight is 374 g/mol. The van der Waals surface area contributed by atoms with Crippen LogP contribution in [0.1, 0.15) is 32.7 Å². The van der Waals surface area contributed by atoms with Crippen molar-refractivity contribution in [2.45, 2.75) is 13.0 Å². The summed E-state index contributed by atoms with van der Waals surface area (Å²) in [5.41, 5.74) is 2.03. The number of nitrogens with zero attached hydrogens (tertiary/aromatic N) is 1. The van der Waals surface area contributed by atoms with Crippen LogP contribution in [0.15, 0.2) is 48.5 Å². The Morgan fingerprint density at radius 1 is 0.885 bits per heavy atom. The highest BCUT2D eigenvalue weighted by Crippen LogP contribution is 2.10.